The molecule has 0 spiro atoms. The van der Waals surface area contributed by atoms with E-state index in [4.69, 9.17) is 32.0 Å². The summed E-state index contributed by atoms with van der Waals surface area (Å²) in [5, 5.41) is 1.74. The number of hydrogen-bond donors (Lipinski definition) is 0. The van der Waals surface area contributed by atoms with Crippen molar-refractivity contribution in [2.45, 2.75) is 6.42 Å². The molecule has 0 aliphatic carbocycles. The number of rotatable bonds is 2. The molecule has 124 valence electrons. The van der Waals surface area contributed by atoms with Gasteiger partial charge in [-0.2, -0.15) is 0 Å². The zero-order chi connectivity index (χ0) is 17.6. The van der Waals surface area contributed by atoms with Crippen molar-refractivity contribution in [3.8, 4) is 0 Å². The summed E-state index contributed by atoms with van der Waals surface area (Å²) < 4.78 is 10.7. The molecule has 6 heteroatoms. The molecule has 0 amide bonds. The van der Waals surface area contributed by atoms with Crippen molar-refractivity contribution in [3.05, 3.63) is 90.5 Å². The number of halogens is 2. The third kappa shape index (κ3) is 2.84. The van der Waals surface area contributed by atoms with Crippen LogP contribution in [0.1, 0.15) is 11.1 Å². The van der Waals surface area contributed by atoms with Gasteiger partial charge < -0.3 is 8.83 Å². The zero-order valence-electron chi connectivity index (χ0n) is 12.7. The van der Waals surface area contributed by atoms with Crippen molar-refractivity contribution < 1.29 is 8.83 Å². The quantitative estimate of drug-likeness (QED) is 0.374. The molecule has 4 rings (SSSR count). The lowest BCUT2D eigenvalue weighted by atomic mass is 10.1. The highest BCUT2D eigenvalue weighted by molar-refractivity contribution is 6.35. The molecule has 0 aliphatic rings. The Kier molecular flexibility index (Phi) is 3.86. The lowest BCUT2D eigenvalue weighted by molar-refractivity contribution is 0.537. The molecule has 0 atom stereocenters. The third-order valence-corrected chi connectivity index (χ3v) is 4.56. The van der Waals surface area contributed by atoms with Crippen LogP contribution in [0.25, 0.3) is 21.9 Å². The standard InChI is InChI=1S/C19H10Cl2O4/c20-12-6-5-10(15(21)9-12)7-11-8-14-17(25-18(11)22)13-3-1-2-4-16(13)24-19(14)23/h1-6,8-9H,7H2. The van der Waals surface area contributed by atoms with E-state index in [9.17, 15) is 9.59 Å². The highest BCUT2D eigenvalue weighted by Gasteiger charge is 2.14. The summed E-state index contributed by atoms with van der Waals surface area (Å²) in [6.45, 7) is 0. The fourth-order valence-electron chi connectivity index (χ4n) is 2.76. The molecule has 25 heavy (non-hydrogen) atoms. The molecule has 0 saturated carbocycles. The highest BCUT2D eigenvalue weighted by Crippen LogP contribution is 2.25. The third-order valence-electron chi connectivity index (χ3n) is 3.97. The first-order valence-electron chi connectivity index (χ1n) is 7.45. The number of para-hydroxylation sites is 1. The van der Waals surface area contributed by atoms with Gasteiger partial charge in [0.2, 0.25) is 0 Å². The monoisotopic (exact) mass is 372 g/mol. The molecule has 0 fully saturated rings. The Morgan fingerprint density at radius 2 is 1.60 bits per heavy atom. The van der Waals surface area contributed by atoms with E-state index in [2.05, 4.69) is 0 Å². The van der Waals surface area contributed by atoms with E-state index >= 15 is 0 Å². The second-order valence-corrected chi connectivity index (χ2v) is 6.44. The second kappa shape index (κ2) is 6.06. The predicted octanol–water partition coefficient (Wildman–Crippen LogP) is 4.80. The van der Waals surface area contributed by atoms with Crippen molar-refractivity contribution in [2.24, 2.45) is 0 Å². The van der Waals surface area contributed by atoms with Gasteiger partial charge in [0.15, 0.2) is 5.58 Å². The summed E-state index contributed by atoms with van der Waals surface area (Å²) in [7, 11) is 0. The largest absolute Gasteiger partial charge is 0.422 e. The van der Waals surface area contributed by atoms with Crippen LogP contribution in [0.5, 0.6) is 0 Å². The average molecular weight is 373 g/mol. The maximum Gasteiger partial charge on any atom is 0.347 e. The van der Waals surface area contributed by atoms with E-state index in [0.29, 0.717) is 32.1 Å². The van der Waals surface area contributed by atoms with Gasteiger partial charge >= 0.3 is 11.3 Å². The van der Waals surface area contributed by atoms with Crippen LogP contribution in [0, 0.1) is 0 Å². The molecule has 0 radical (unpaired) electrons. The molecular formula is C19H10Cl2O4. The number of hydrogen-bond acceptors (Lipinski definition) is 4. The Balaban J connectivity index is 1.93. The Morgan fingerprint density at radius 3 is 2.40 bits per heavy atom. The first kappa shape index (κ1) is 15.9. The average Bonchev–Trinajstić information content (AvgIpc) is 2.58. The smallest absolute Gasteiger partial charge is 0.347 e. The van der Waals surface area contributed by atoms with Crippen LogP contribution in [0.3, 0.4) is 0 Å². The van der Waals surface area contributed by atoms with Crippen molar-refractivity contribution in [1.82, 2.24) is 0 Å². The molecule has 0 bridgehead atoms. The van der Waals surface area contributed by atoms with Gasteiger partial charge in [0.05, 0.1) is 5.39 Å². The lowest BCUT2D eigenvalue weighted by Crippen LogP contribution is -2.11. The van der Waals surface area contributed by atoms with Crippen molar-refractivity contribution >= 4 is 45.1 Å². The molecule has 0 saturated heterocycles. The summed E-state index contributed by atoms with van der Waals surface area (Å²) >= 11 is 12.0. The molecule has 2 aromatic heterocycles. The summed E-state index contributed by atoms with van der Waals surface area (Å²) in [5.41, 5.74) is 0.553. The van der Waals surface area contributed by atoms with Crippen molar-refractivity contribution in [1.29, 1.82) is 0 Å². The van der Waals surface area contributed by atoms with Gasteiger partial charge in [0.1, 0.15) is 11.0 Å². The molecule has 4 aromatic rings. The zero-order valence-corrected chi connectivity index (χ0v) is 14.2. The predicted molar refractivity (Wildman–Crippen MR) is 97.8 cm³/mol. The minimum Gasteiger partial charge on any atom is -0.422 e. The summed E-state index contributed by atoms with van der Waals surface area (Å²) in [5.74, 6) is 0. The van der Waals surface area contributed by atoms with Crippen LogP contribution in [0.15, 0.2) is 67.0 Å². The fraction of sp³-hybridized carbons (Fsp3) is 0.0526. The Bertz CT molecular complexity index is 1240. The molecule has 4 nitrogen and oxygen atoms in total. The van der Waals surface area contributed by atoms with E-state index in [-0.39, 0.29) is 17.4 Å². The molecule has 0 aliphatic heterocycles. The van der Waals surface area contributed by atoms with Crippen LogP contribution < -0.4 is 11.3 Å². The topological polar surface area (TPSA) is 60.4 Å². The van der Waals surface area contributed by atoms with Gasteiger partial charge in [-0.25, -0.2) is 9.59 Å². The van der Waals surface area contributed by atoms with E-state index in [1.807, 2.05) is 0 Å². The minimum atomic E-state index is -0.555. The second-order valence-electron chi connectivity index (χ2n) is 5.60. The van der Waals surface area contributed by atoms with Gasteiger partial charge in [-0.1, -0.05) is 41.4 Å². The molecule has 2 aromatic carbocycles. The van der Waals surface area contributed by atoms with Crippen LogP contribution in [-0.4, -0.2) is 0 Å². The summed E-state index contributed by atoms with van der Waals surface area (Å²) in [6.07, 6.45) is 0.223. The fourth-order valence-corrected chi connectivity index (χ4v) is 3.23. The van der Waals surface area contributed by atoms with Gasteiger partial charge in [0.25, 0.3) is 0 Å². The number of benzene rings is 2. The van der Waals surface area contributed by atoms with Crippen LogP contribution in [0.2, 0.25) is 10.0 Å². The maximum atomic E-state index is 12.4. The summed E-state index contributed by atoms with van der Waals surface area (Å²) in [4.78, 5) is 24.7. The Labute approximate surface area is 151 Å². The van der Waals surface area contributed by atoms with Crippen LogP contribution in [-0.2, 0) is 6.42 Å². The first-order valence-corrected chi connectivity index (χ1v) is 8.21. The molecule has 2 heterocycles. The van der Waals surface area contributed by atoms with Crippen molar-refractivity contribution in [2.75, 3.05) is 0 Å². The molecule has 0 N–H and O–H groups in total. The normalized spacial score (nSPS) is 11.3. The van der Waals surface area contributed by atoms with E-state index in [0.717, 1.165) is 0 Å². The molecular weight excluding hydrogens is 363 g/mol. The van der Waals surface area contributed by atoms with Crippen LogP contribution >= 0.6 is 23.2 Å². The van der Waals surface area contributed by atoms with Gasteiger partial charge in [0, 0.05) is 22.0 Å². The Hall–Kier alpha value is -2.56. The lowest BCUT2D eigenvalue weighted by Gasteiger charge is -2.06. The first-order chi connectivity index (χ1) is 12.0. The summed E-state index contributed by atoms with van der Waals surface area (Å²) in [6, 6.07) is 13.4. The van der Waals surface area contributed by atoms with E-state index < -0.39 is 11.3 Å². The highest BCUT2D eigenvalue weighted by atomic mass is 35.5. The van der Waals surface area contributed by atoms with Crippen molar-refractivity contribution in [3.63, 3.8) is 0 Å². The number of fused-ring (bicyclic) bond motifs is 3. The van der Waals surface area contributed by atoms with E-state index in [1.165, 1.54) is 6.07 Å². The van der Waals surface area contributed by atoms with Gasteiger partial charge in [-0.05, 0) is 35.9 Å². The Morgan fingerprint density at radius 1 is 0.800 bits per heavy atom. The SMILES string of the molecule is O=c1oc2c(cc1Cc1ccc(Cl)cc1Cl)c(=O)oc1ccccc12. The van der Waals surface area contributed by atoms with Crippen LogP contribution in [0.4, 0.5) is 0 Å². The van der Waals surface area contributed by atoms with E-state index in [1.54, 1.807) is 42.5 Å². The maximum absolute atomic E-state index is 12.4. The van der Waals surface area contributed by atoms with Gasteiger partial charge in [-0.15, -0.1) is 0 Å². The minimum absolute atomic E-state index is 0.221. The molecule has 0 unspecified atom stereocenters. The van der Waals surface area contributed by atoms with Gasteiger partial charge in [-0.3, -0.25) is 0 Å².